The van der Waals surface area contributed by atoms with Gasteiger partial charge in [-0.1, -0.05) is 55.5 Å². The third-order valence-corrected chi connectivity index (χ3v) is 8.32. The van der Waals surface area contributed by atoms with Crippen LogP contribution in [0.5, 0.6) is 0 Å². The molecule has 6 nitrogen and oxygen atoms in total. The van der Waals surface area contributed by atoms with E-state index in [-0.39, 0.29) is 23.9 Å². The van der Waals surface area contributed by atoms with E-state index in [0.717, 1.165) is 39.1 Å². The summed E-state index contributed by atoms with van der Waals surface area (Å²) in [5.41, 5.74) is 2.88. The first-order chi connectivity index (χ1) is 16.9. The number of nitrogens with zero attached hydrogens (tertiary/aromatic N) is 2. The standard InChI is InChI=1S/C28H27N3O3S/c1-3-30(35(33,34)23-15-13-20-9-5-6-10-21(20)17-23)19-28(32)29-22-14-16-27-25(18-22)24-11-7-8-12-26(24)31(27)4-2/h5-18H,3-4,19H2,1-2H3,(H,29,32). The van der Waals surface area contributed by atoms with Gasteiger partial charge in [-0.3, -0.25) is 4.79 Å². The van der Waals surface area contributed by atoms with Gasteiger partial charge in [0, 0.05) is 40.6 Å². The molecule has 1 N–H and O–H groups in total. The number of fused-ring (bicyclic) bond motifs is 4. The Morgan fingerprint density at radius 1 is 0.829 bits per heavy atom. The summed E-state index contributed by atoms with van der Waals surface area (Å²) in [5, 5.41) is 6.87. The Hall–Kier alpha value is -3.68. The SMILES string of the molecule is CCN(CC(=O)Nc1ccc2c(c1)c1ccccc1n2CC)S(=O)(=O)c1ccc2ccccc2c1. The highest BCUT2D eigenvalue weighted by atomic mass is 32.2. The second-order valence-corrected chi connectivity index (χ2v) is 10.4. The Labute approximate surface area is 204 Å². The van der Waals surface area contributed by atoms with Crippen molar-refractivity contribution in [1.29, 1.82) is 0 Å². The molecule has 1 aromatic heterocycles. The summed E-state index contributed by atoms with van der Waals surface area (Å²) in [6.07, 6.45) is 0. The zero-order chi connectivity index (χ0) is 24.6. The van der Waals surface area contributed by atoms with Crippen molar-refractivity contribution in [2.24, 2.45) is 0 Å². The van der Waals surface area contributed by atoms with Gasteiger partial charge in [0.2, 0.25) is 15.9 Å². The van der Waals surface area contributed by atoms with Crippen molar-refractivity contribution in [1.82, 2.24) is 8.87 Å². The van der Waals surface area contributed by atoms with E-state index in [2.05, 4.69) is 28.9 Å². The summed E-state index contributed by atoms with van der Waals surface area (Å²) in [4.78, 5) is 13.1. The van der Waals surface area contributed by atoms with Gasteiger partial charge in [-0.25, -0.2) is 8.42 Å². The Balaban J connectivity index is 1.39. The Morgan fingerprint density at radius 3 is 2.31 bits per heavy atom. The quantitative estimate of drug-likeness (QED) is 0.325. The molecule has 5 rings (SSSR count). The van der Waals surface area contributed by atoms with Crippen molar-refractivity contribution in [3.05, 3.63) is 84.9 Å². The zero-order valence-corrected chi connectivity index (χ0v) is 20.5. The number of likely N-dealkylation sites (N-methyl/N-ethyl adjacent to an activating group) is 1. The molecular formula is C28H27N3O3S. The van der Waals surface area contributed by atoms with Crippen LogP contribution in [0, 0.1) is 0 Å². The van der Waals surface area contributed by atoms with Crippen molar-refractivity contribution >= 4 is 54.2 Å². The molecule has 7 heteroatoms. The van der Waals surface area contributed by atoms with Crippen LogP contribution in [0.4, 0.5) is 5.69 Å². The third kappa shape index (κ3) is 4.17. The van der Waals surface area contributed by atoms with Crippen molar-refractivity contribution in [3.8, 4) is 0 Å². The lowest BCUT2D eigenvalue weighted by Crippen LogP contribution is -2.37. The summed E-state index contributed by atoms with van der Waals surface area (Å²) >= 11 is 0. The fraction of sp³-hybridized carbons (Fsp3) is 0.179. The van der Waals surface area contributed by atoms with Crippen LogP contribution >= 0.6 is 0 Å². The Kier molecular flexibility index (Phi) is 6.05. The number of amides is 1. The maximum absolute atomic E-state index is 13.3. The van der Waals surface area contributed by atoms with Gasteiger partial charge in [0.25, 0.3) is 0 Å². The molecule has 0 aliphatic rings. The van der Waals surface area contributed by atoms with E-state index in [1.807, 2.05) is 54.6 Å². The van der Waals surface area contributed by atoms with Gasteiger partial charge in [-0.05, 0) is 54.1 Å². The lowest BCUT2D eigenvalue weighted by molar-refractivity contribution is -0.116. The summed E-state index contributed by atoms with van der Waals surface area (Å²) < 4.78 is 30.0. The molecule has 0 saturated carbocycles. The molecule has 1 heterocycles. The summed E-state index contributed by atoms with van der Waals surface area (Å²) in [5.74, 6) is -0.380. The molecule has 178 valence electrons. The van der Waals surface area contributed by atoms with Crippen LogP contribution in [-0.2, 0) is 21.4 Å². The largest absolute Gasteiger partial charge is 0.341 e. The lowest BCUT2D eigenvalue weighted by Gasteiger charge is -2.20. The molecule has 0 saturated heterocycles. The first-order valence-corrected chi connectivity index (χ1v) is 13.2. The second-order valence-electron chi connectivity index (χ2n) is 8.48. The average Bonchev–Trinajstić information content (AvgIpc) is 3.19. The minimum atomic E-state index is -3.82. The summed E-state index contributed by atoms with van der Waals surface area (Å²) in [6.45, 7) is 4.61. The highest BCUT2D eigenvalue weighted by Gasteiger charge is 2.25. The van der Waals surface area contributed by atoms with Gasteiger partial charge in [0.05, 0.1) is 11.4 Å². The van der Waals surface area contributed by atoms with E-state index in [1.54, 1.807) is 25.1 Å². The van der Waals surface area contributed by atoms with Crippen LogP contribution < -0.4 is 5.32 Å². The topological polar surface area (TPSA) is 71.4 Å². The molecule has 0 radical (unpaired) electrons. The number of hydrogen-bond donors (Lipinski definition) is 1. The van der Waals surface area contributed by atoms with Crippen LogP contribution in [0.3, 0.4) is 0 Å². The summed E-state index contributed by atoms with van der Waals surface area (Å²) in [6, 6.07) is 26.6. The van der Waals surface area contributed by atoms with Crippen LogP contribution in [0.15, 0.2) is 89.8 Å². The Bertz CT molecular complexity index is 1670. The number of para-hydroxylation sites is 1. The number of sulfonamides is 1. The molecular weight excluding hydrogens is 458 g/mol. The number of aryl methyl sites for hydroxylation is 1. The molecule has 0 atom stereocenters. The van der Waals surface area contributed by atoms with Crippen molar-refractivity contribution in [3.63, 3.8) is 0 Å². The van der Waals surface area contributed by atoms with E-state index in [9.17, 15) is 13.2 Å². The molecule has 1 amide bonds. The third-order valence-electron chi connectivity index (χ3n) is 6.40. The van der Waals surface area contributed by atoms with Crippen molar-refractivity contribution in [2.75, 3.05) is 18.4 Å². The minimum Gasteiger partial charge on any atom is -0.341 e. The maximum atomic E-state index is 13.3. The molecule has 0 unspecified atom stereocenters. The van der Waals surface area contributed by atoms with Crippen molar-refractivity contribution < 1.29 is 13.2 Å². The normalized spacial score (nSPS) is 12.1. The van der Waals surface area contributed by atoms with Crippen LogP contribution in [0.1, 0.15) is 13.8 Å². The van der Waals surface area contributed by atoms with Gasteiger partial charge in [-0.15, -0.1) is 0 Å². The molecule has 0 bridgehead atoms. The molecule has 0 fully saturated rings. The predicted octanol–water partition coefficient (Wildman–Crippen LogP) is 5.62. The lowest BCUT2D eigenvalue weighted by atomic mass is 10.1. The maximum Gasteiger partial charge on any atom is 0.243 e. The zero-order valence-electron chi connectivity index (χ0n) is 19.7. The number of hydrogen-bond acceptors (Lipinski definition) is 3. The highest BCUT2D eigenvalue weighted by Crippen LogP contribution is 2.31. The van der Waals surface area contributed by atoms with Crippen molar-refractivity contribution in [2.45, 2.75) is 25.3 Å². The van der Waals surface area contributed by atoms with Gasteiger partial charge < -0.3 is 9.88 Å². The number of rotatable bonds is 7. The fourth-order valence-corrected chi connectivity index (χ4v) is 6.12. The molecule has 4 aromatic carbocycles. The van der Waals surface area contributed by atoms with E-state index in [4.69, 9.17) is 0 Å². The number of carbonyl (C=O) groups is 1. The Morgan fingerprint density at radius 2 is 1.54 bits per heavy atom. The highest BCUT2D eigenvalue weighted by molar-refractivity contribution is 7.89. The molecule has 0 spiro atoms. The van der Waals surface area contributed by atoms with Crippen LogP contribution in [0.2, 0.25) is 0 Å². The van der Waals surface area contributed by atoms with E-state index in [1.165, 1.54) is 4.31 Å². The predicted molar refractivity (Wildman–Crippen MR) is 142 cm³/mol. The number of benzene rings is 4. The number of carbonyl (C=O) groups excluding carboxylic acids is 1. The average molecular weight is 486 g/mol. The monoisotopic (exact) mass is 485 g/mol. The summed E-state index contributed by atoms with van der Waals surface area (Å²) in [7, 11) is -3.82. The van der Waals surface area contributed by atoms with Crippen LogP contribution in [-0.4, -0.2) is 36.3 Å². The second kappa shape index (κ2) is 9.17. The molecule has 0 aliphatic carbocycles. The number of aromatic nitrogens is 1. The number of anilines is 1. The first-order valence-electron chi connectivity index (χ1n) is 11.7. The van der Waals surface area contributed by atoms with Gasteiger partial charge >= 0.3 is 0 Å². The van der Waals surface area contributed by atoms with Gasteiger partial charge in [-0.2, -0.15) is 4.31 Å². The minimum absolute atomic E-state index is 0.180. The molecule has 35 heavy (non-hydrogen) atoms. The van der Waals surface area contributed by atoms with Crippen LogP contribution in [0.25, 0.3) is 32.6 Å². The van der Waals surface area contributed by atoms with Gasteiger partial charge in [0.1, 0.15) is 0 Å². The fourth-order valence-electron chi connectivity index (χ4n) is 4.68. The smallest absolute Gasteiger partial charge is 0.243 e. The molecule has 5 aromatic rings. The van der Waals surface area contributed by atoms with E-state index < -0.39 is 10.0 Å². The van der Waals surface area contributed by atoms with E-state index >= 15 is 0 Å². The first kappa shape index (κ1) is 23.1. The van der Waals surface area contributed by atoms with E-state index in [0.29, 0.717) is 5.69 Å². The van der Waals surface area contributed by atoms with Gasteiger partial charge in [0.15, 0.2) is 0 Å². The molecule has 0 aliphatic heterocycles. The number of nitrogens with one attached hydrogen (secondary N) is 1.